The molecular formula is C35H43BN3O4P. The number of hydrogen-bond donors (Lipinski definition) is 1. The van der Waals surface area contributed by atoms with E-state index in [0.29, 0.717) is 26.1 Å². The third kappa shape index (κ3) is 6.75. The molecule has 1 unspecified atom stereocenters. The van der Waals surface area contributed by atoms with Crippen LogP contribution in [0.1, 0.15) is 68.4 Å². The van der Waals surface area contributed by atoms with Gasteiger partial charge in [0.2, 0.25) is 0 Å². The smallest absolute Gasteiger partial charge is 0.259 e. The Morgan fingerprint density at radius 3 is 2.16 bits per heavy atom. The molecule has 0 amide bonds. The molecule has 1 fully saturated rings. The minimum absolute atomic E-state index is 0.146. The fourth-order valence-corrected chi connectivity index (χ4v) is 7.98. The van der Waals surface area contributed by atoms with E-state index in [2.05, 4.69) is 118 Å². The number of rotatable bonds is 12. The number of hydrogen-bond acceptors (Lipinski definition) is 7. The van der Waals surface area contributed by atoms with Crippen molar-refractivity contribution in [3.8, 4) is 17.6 Å². The molecule has 3 aromatic rings. The highest BCUT2D eigenvalue weighted by Gasteiger charge is 2.48. The monoisotopic (exact) mass is 611 g/mol. The van der Waals surface area contributed by atoms with Crippen LogP contribution < -0.4 is 10.1 Å². The first-order valence-electron chi connectivity index (χ1n) is 15.5. The quantitative estimate of drug-likeness (QED) is 0.132. The summed E-state index contributed by atoms with van der Waals surface area (Å²) in [6, 6.07) is 25.2. The van der Waals surface area contributed by atoms with E-state index in [1.165, 1.54) is 0 Å². The molecule has 0 bridgehead atoms. The van der Waals surface area contributed by atoms with E-state index < -0.39 is 20.1 Å². The van der Waals surface area contributed by atoms with Crippen LogP contribution in [0.5, 0.6) is 11.5 Å². The van der Waals surface area contributed by atoms with Crippen molar-refractivity contribution < 1.29 is 18.5 Å². The van der Waals surface area contributed by atoms with Crippen LogP contribution in [0.4, 0.5) is 0 Å². The van der Waals surface area contributed by atoms with Crippen LogP contribution in [0.3, 0.4) is 0 Å². The third-order valence-electron chi connectivity index (χ3n) is 8.20. The predicted octanol–water partition coefficient (Wildman–Crippen LogP) is 7.24. The van der Waals surface area contributed by atoms with Crippen molar-refractivity contribution in [2.45, 2.75) is 90.2 Å². The lowest BCUT2D eigenvalue weighted by Gasteiger charge is -2.44. The maximum atomic E-state index is 9.12. The van der Waals surface area contributed by atoms with E-state index >= 15 is 0 Å². The normalized spacial score (nSPS) is 21.1. The van der Waals surface area contributed by atoms with E-state index in [1.807, 2.05) is 6.07 Å². The molecule has 4 atom stereocenters. The number of ether oxygens (including phenoxy) is 2. The highest BCUT2D eigenvalue weighted by Crippen LogP contribution is 2.52. The van der Waals surface area contributed by atoms with Gasteiger partial charge in [-0.25, -0.2) is 4.67 Å². The van der Waals surface area contributed by atoms with Crippen molar-refractivity contribution in [2.75, 3.05) is 13.2 Å². The first-order chi connectivity index (χ1) is 21.1. The average Bonchev–Trinajstić information content (AvgIpc) is 3.34. The molecule has 1 N–H and O–H groups in total. The fourth-order valence-electron chi connectivity index (χ4n) is 6.37. The Labute approximate surface area is 265 Å². The van der Waals surface area contributed by atoms with Crippen molar-refractivity contribution >= 4 is 16.4 Å². The Balaban J connectivity index is 1.54. The Kier molecular flexibility index (Phi) is 10.5. The molecule has 5 rings (SSSR count). The second-order valence-corrected chi connectivity index (χ2v) is 13.7. The summed E-state index contributed by atoms with van der Waals surface area (Å²) in [5.41, 5.74) is 4.77. The van der Waals surface area contributed by atoms with E-state index in [0.717, 1.165) is 39.3 Å². The van der Waals surface area contributed by atoms with Crippen LogP contribution in [0, 0.1) is 25.2 Å². The van der Waals surface area contributed by atoms with Crippen LogP contribution in [-0.4, -0.2) is 56.0 Å². The van der Waals surface area contributed by atoms with Crippen LogP contribution in [0.25, 0.3) is 0 Å². The topological polar surface area (TPSA) is 76.0 Å². The highest BCUT2D eigenvalue weighted by atomic mass is 31.2. The van der Waals surface area contributed by atoms with Gasteiger partial charge < -0.3 is 18.5 Å². The highest BCUT2D eigenvalue weighted by molar-refractivity contribution is 7.44. The first kappa shape index (κ1) is 32.6. The summed E-state index contributed by atoms with van der Waals surface area (Å²) >= 11 is 0. The van der Waals surface area contributed by atoms with E-state index in [-0.39, 0.29) is 24.2 Å². The molecule has 0 spiro atoms. The molecule has 7 nitrogen and oxygen atoms in total. The summed E-state index contributed by atoms with van der Waals surface area (Å²) < 4.78 is 27.8. The summed E-state index contributed by atoms with van der Waals surface area (Å²) in [5.74, 6) is 1.64. The Hall–Kier alpha value is -2.76. The molecule has 1 saturated heterocycles. The van der Waals surface area contributed by atoms with Gasteiger partial charge in [-0.1, -0.05) is 53.6 Å². The van der Waals surface area contributed by atoms with Crippen LogP contribution in [-0.2, 0) is 19.3 Å². The molecular weight excluding hydrogens is 568 g/mol. The number of aryl methyl sites for hydroxylation is 2. The van der Waals surface area contributed by atoms with Crippen molar-refractivity contribution in [1.29, 1.82) is 5.26 Å². The molecule has 230 valence electrons. The predicted molar refractivity (Wildman–Crippen MR) is 176 cm³/mol. The number of nitriles is 1. The SMILES string of the molecule is [B][C@H]1C[C@H](NC2(c3ccccc3)c3cc(C)ccc3Oc3ccc(C)cc32)[C@@H](COP(OCCC#N)N(C(C)C)C(C)C)O1. The number of fused-ring (bicyclic) bond motifs is 2. The van der Waals surface area contributed by atoms with Gasteiger partial charge in [0.15, 0.2) is 0 Å². The van der Waals surface area contributed by atoms with Gasteiger partial charge in [0.25, 0.3) is 8.53 Å². The zero-order valence-electron chi connectivity index (χ0n) is 26.6. The van der Waals surface area contributed by atoms with Crippen molar-refractivity contribution in [1.82, 2.24) is 9.99 Å². The lowest BCUT2D eigenvalue weighted by atomic mass is 9.73. The second kappa shape index (κ2) is 14.1. The molecule has 2 aliphatic heterocycles. The maximum Gasteiger partial charge on any atom is 0.259 e. The van der Waals surface area contributed by atoms with Crippen molar-refractivity contribution in [3.05, 3.63) is 94.5 Å². The molecule has 0 aliphatic carbocycles. The van der Waals surface area contributed by atoms with E-state index in [4.69, 9.17) is 31.6 Å². The van der Waals surface area contributed by atoms with Crippen molar-refractivity contribution in [3.63, 3.8) is 0 Å². The summed E-state index contributed by atoms with van der Waals surface area (Å²) in [7, 11) is 5.07. The van der Waals surface area contributed by atoms with Crippen LogP contribution >= 0.6 is 8.53 Å². The molecule has 2 heterocycles. The van der Waals surface area contributed by atoms with Gasteiger partial charge in [0, 0.05) is 35.3 Å². The lowest BCUT2D eigenvalue weighted by molar-refractivity contribution is 0.0315. The van der Waals surface area contributed by atoms with Gasteiger partial charge in [0.05, 0.1) is 31.8 Å². The number of nitrogens with one attached hydrogen (secondary N) is 1. The van der Waals surface area contributed by atoms with Crippen LogP contribution in [0.15, 0.2) is 66.7 Å². The Bertz CT molecular complexity index is 1400. The van der Waals surface area contributed by atoms with Crippen molar-refractivity contribution in [2.24, 2.45) is 0 Å². The van der Waals surface area contributed by atoms with E-state index in [1.54, 1.807) is 0 Å². The van der Waals surface area contributed by atoms with Gasteiger partial charge in [-0.15, -0.1) is 0 Å². The number of benzene rings is 3. The van der Waals surface area contributed by atoms with Crippen LogP contribution in [0.2, 0.25) is 0 Å². The van der Waals surface area contributed by atoms with E-state index in [9.17, 15) is 0 Å². The fraction of sp³-hybridized carbons (Fsp3) is 0.457. The largest absolute Gasteiger partial charge is 0.457 e. The second-order valence-electron chi connectivity index (χ2n) is 12.3. The molecule has 9 heteroatoms. The molecule has 44 heavy (non-hydrogen) atoms. The lowest BCUT2D eigenvalue weighted by Crippen LogP contribution is -2.54. The van der Waals surface area contributed by atoms with Gasteiger partial charge in [0.1, 0.15) is 24.9 Å². The minimum Gasteiger partial charge on any atom is -0.457 e. The standard InChI is InChI=1S/C35H43BN3O4P/c1-23(2)39(24(3)4)44(40-18-10-17-37)41-22-33-30(21-34(36)43-33)38-35(27-11-8-7-9-12-27)28-19-25(5)13-15-31(28)42-32-16-14-26(6)20-29(32)35/h7-9,11-16,19-20,23-24,30,33-34,38H,10,18,21-22H2,1-6H3/t30-,33+,34+,44?/m0/s1. The zero-order valence-corrected chi connectivity index (χ0v) is 27.5. The minimum atomic E-state index is -1.42. The molecule has 2 radical (unpaired) electrons. The average molecular weight is 612 g/mol. The molecule has 0 saturated carbocycles. The Morgan fingerprint density at radius 2 is 1.59 bits per heavy atom. The first-order valence-corrected chi connectivity index (χ1v) is 16.6. The van der Waals surface area contributed by atoms with Gasteiger partial charge in [-0.2, -0.15) is 5.26 Å². The number of nitrogens with zero attached hydrogens (tertiary/aromatic N) is 2. The molecule has 0 aromatic heterocycles. The summed E-state index contributed by atoms with van der Waals surface area (Å²) in [5, 5.41) is 13.2. The van der Waals surface area contributed by atoms with Gasteiger partial charge in [-0.3, -0.25) is 5.32 Å². The van der Waals surface area contributed by atoms with Gasteiger partial charge in [-0.05, 0) is 77.8 Å². The maximum absolute atomic E-state index is 9.12. The third-order valence-corrected chi connectivity index (χ3v) is 10.3. The summed E-state index contributed by atoms with van der Waals surface area (Å²) in [6.45, 7) is 13.3. The summed E-state index contributed by atoms with van der Waals surface area (Å²) in [4.78, 5) is 0. The molecule has 3 aromatic carbocycles. The van der Waals surface area contributed by atoms with Gasteiger partial charge >= 0.3 is 0 Å². The Morgan fingerprint density at radius 1 is 0.977 bits per heavy atom. The molecule has 2 aliphatic rings. The zero-order chi connectivity index (χ0) is 31.4. The summed E-state index contributed by atoms with van der Waals surface area (Å²) in [6.07, 6.45) is 0.582.